The molecule has 3 aromatic rings. The largest absolute Gasteiger partial charge is 0.484 e. The molecule has 0 aliphatic carbocycles. The number of anilines is 1. The number of aryl methyl sites for hydroxylation is 2. The summed E-state index contributed by atoms with van der Waals surface area (Å²) in [7, 11) is 0. The van der Waals surface area contributed by atoms with Crippen LogP contribution in [0.4, 0.5) is 5.69 Å². The number of ether oxygens (including phenoxy) is 1. The highest BCUT2D eigenvalue weighted by molar-refractivity contribution is 14.1. The van der Waals surface area contributed by atoms with Gasteiger partial charge in [0.05, 0.1) is 0 Å². The molecule has 6 nitrogen and oxygen atoms in total. The van der Waals surface area contributed by atoms with Crippen molar-refractivity contribution in [2.75, 3.05) is 11.9 Å². The lowest BCUT2D eigenvalue weighted by Crippen LogP contribution is -2.20. The van der Waals surface area contributed by atoms with Crippen LogP contribution >= 0.6 is 22.6 Å². The fourth-order valence-corrected chi connectivity index (χ4v) is 2.87. The van der Waals surface area contributed by atoms with Gasteiger partial charge in [0.2, 0.25) is 11.7 Å². The maximum atomic E-state index is 12.0. The smallest absolute Gasteiger partial charge is 0.262 e. The molecule has 0 radical (unpaired) electrons. The first kappa shape index (κ1) is 17.4. The van der Waals surface area contributed by atoms with Crippen LogP contribution in [0.15, 0.2) is 47.0 Å². The third-order valence-electron chi connectivity index (χ3n) is 3.47. The molecule has 0 bridgehead atoms. The van der Waals surface area contributed by atoms with Crippen molar-refractivity contribution in [3.05, 3.63) is 57.5 Å². The third kappa shape index (κ3) is 4.56. The number of rotatable bonds is 5. The van der Waals surface area contributed by atoms with Gasteiger partial charge in [0.15, 0.2) is 6.61 Å². The Morgan fingerprint density at radius 2 is 1.96 bits per heavy atom. The molecule has 2 aromatic carbocycles. The van der Waals surface area contributed by atoms with Gasteiger partial charge in [-0.3, -0.25) is 4.79 Å². The molecule has 0 atom stereocenters. The molecule has 0 unspecified atom stereocenters. The van der Waals surface area contributed by atoms with Crippen molar-refractivity contribution in [3.8, 4) is 17.1 Å². The predicted octanol–water partition coefficient (Wildman–Crippen LogP) is 3.98. The van der Waals surface area contributed by atoms with Crippen molar-refractivity contribution < 1.29 is 14.1 Å². The normalized spacial score (nSPS) is 10.5. The lowest BCUT2D eigenvalue weighted by atomic mass is 10.2. The molecule has 3 rings (SSSR count). The number of carbonyl (C=O) groups excluding carboxylic acids is 1. The lowest BCUT2D eigenvalue weighted by molar-refractivity contribution is -0.118. The van der Waals surface area contributed by atoms with Gasteiger partial charge in [0, 0.05) is 21.7 Å². The van der Waals surface area contributed by atoms with Crippen LogP contribution < -0.4 is 10.1 Å². The number of nitrogens with zero attached hydrogens (tertiary/aromatic N) is 2. The van der Waals surface area contributed by atoms with Gasteiger partial charge in [0.25, 0.3) is 5.91 Å². The first-order valence-corrected chi connectivity index (χ1v) is 8.69. The Morgan fingerprint density at radius 1 is 1.20 bits per heavy atom. The standard InChI is InChI=1S/C18H16IN3O3/c1-11-9-14(19)5-8-16(11)21-17(23)10-24-15-6-3-13(4-7-15)18-20-12(2)25-22-18/h3-9H,10H2,1-2H3,(H,21,23). The van der Waals surface area contributed by atoms with Crippen molar-refractivity contribution in [2.24, 2.45) is 0 Å². The first-order chi connectivity index (χ1) is 12.0. The average molecular weight is 449 g/mol. The number of halogens is 1. The fourth-order valence-electron chi connectivity index (χ4n) is 2.22. The number of benzene rings is 2. The van der Waals surface area contributed by atoms with Crippen LogP contribution in [0, 0.1) is 17.4 Å². The van der Waals surface area contributed by atoms with Crippen LogP contribution in [0.3, 0.4) is 0 Å². The van der Waals surface area contributed by atoms with Crippen LogP contribution in [0.5, 0.6) is 5.75 Å². The van der Waals surface area contributed by atoms with E-state index in [9.17, 15) is 4.79 Å². The molecule has 1 amide bonds. The Balaban J connectivity index is 1.57. The van der Waals surface area contributed by atoms with Crippen molar-refractivity contribution in [3.63, 3.8) is 0 Å². The molecule has 0 saturated heterocycles. The molecule has 25 heavy (non-hydrogen) atoms. The number of carbonyl (C=O) groups is 1. The van der Waals surface area contributed by atoms with Crippen LogP contribution in [0.2, 0.25) is 0 Å². The topological polar surface area (TPSA) is 77.2 Å². The van der Waals surface area contributed by atoms with E-state index >= 15 is 0 Å². The number of nitrogens with one attached hydrogen (secondary N) is 1. The molecule has 1 heterocycles. The summed E-state index contributed by atoms with van der Waals surface area (Å²) < 4.78 is 11.6. The van der Waals surface area contributed by atoms with E-state index < -0.39 is 0 Å². The quantitative estimate of drug-likeness (QED) is 0.597. The van der Waals surface area contributed by atoms with E-state index in [1.54, 1.807) is 19.1 Å². The highest BCUT2D eigenvalue weighted by Gasteiger charge is 2.08. The number of hydrogen-bond donors (Lipinski definition) is 1. The second kappa shape index (κ2) is 7.64. The maximum absolute atomic E-state index is 12.0. The minimum atomic E-state index is -0.206. The predicted molar refractivity (Wildman–Crippen MR) is 102 cm³/mol. The summed E-state index contributed by atoms with van der Waals surface area (Å²) >= 11 is 2.24. The fraction of sp³-hybridized carbons (Fsp3) is 0.167. The molecular formula is C18H16IN3O3. The Bertz CT molecular complexity index is 891. The molecule has 0 spiro atoms. The minimum absolute atomic E-state index is 0.0634. The molecule has 7 heteroatoms. The van der Waals surface area contributed by atoms with Gasteiger partial charge in [-0.25, -0.2) is 0 Å². The molecular weight excluding hydrogens is 433 g/mol. The van der Waals surface area contributed by atoms with Crippen molar-refractivity contribution >= 4 is 34.2 Å². The van der Waals surface area contributed by atoms with E-state index in [1.165, 1.54) is 0 Å². The Hall–Kier alpha value is -2.42. The second-order valence-corrected chi connectivity index (χ2v) is 6.70. The van der Waals surface area contributed by atoms with Gasteiger partial charge in [-0.05, 0) is 77.5 Å². The van der Waals surface area contributed by atoms with E-state index in [0.29, 0.717) is 17.5 Å². The van der Waals surface area contributed by atoms with E-state index in [2.05, 4.69) is 38.0 Å². The molecule has 1 aromatic heterocycles. The zero-order chi connectivity index (χ0) is 17.8. The minimum Gasteiger partial charge on any atom is -0.484 e. The summed E-state index contributed by atoms with van der Waals surface area (Å²) in [5.74, 6) is 1.43. The molecule has 128 valence electrons. The van der Waals surface area contributed by atoms with Crippen LogP contribution in [0.1, 0.15) is 11.5 Å². The van der Waals surface area contributed by atoms with Crippen molar-refractivity contribution in [2.45, 2.75) is 13.8 Å². The zero-order valence-electron chi connectivity index (χ0n) is 13.7. The highest BCUT2D eigenvalue weighted by Crippen LogP contribution is 2.20. The summed E-state index contributed by atoms with van der Waals surface area (Å²) in [6.07, 6.45) is 0. The molecule has 0 aliphatic rings. The zero-order valence-corrected chi connectivity index (χ0v) is 15.9. The summed E-state index contributed by atoms with van der Waals surface area (Å²) in [6.45, 7) is 3.63. The van der Waals surface area contributed by atoms with Gasteiger partial charge in [-0.15, -0.1) is 0 Å². The van der Waals surface area contributed by atoms with Crippen LogP contribution in [0.25, 0.3) is 11.4 Å². The molecule has 0 saturated carbocycles. The average Bonchev–Trinajstić information content (AvgIpc) is 3.02. The van der Waals surface area contributed by atoms with E-state index in [-0.39, 0.29) is 12.5 Å². The van der Waals surface area contributed by atoms with Gasteiger partial charge >= 0.3 is 0 Å². The van der Waals surface area contributed by atoms with E-state index in [0.717, 1.165) is 20.4 Å². The van der Waals surface area contributed by atoms with Crippen LogP contribution in [-0.2, 0) is 4.79 Å². The number of amides is 1. The molecule has 0 aliphatic heterocycles. The van der Waals surface area contributed by atoms with Gasteiger partial charge in [-0.1, -0.05) is 5.16 Å². The first-order valence-electron chi connectivity index (χ1n) is 7.61. The second-order valence-electron chi connectivity index (χ2n) is 5.46. The Labute approximate surface area is 158 Å². The Kier molecular flexibility index (Phi) is 5.32. The summed E-state index contributed by atoms with van der Waals surface area (Å²) in [5.41, 5.74) is 2.63. The SMILES string of the molecule is Cc1nc(-c2ccc(OCC(=O)Nc3ccc(I)cc3C)cc2)no1. The maximum Gasteiger partial charge on any atom is 0.262 e. The monoisotopic (exact) mass is 449 g/mol. The summed E-state index contributed by atoms with van der Waals surface area (Å²) in [4.78, 5) is 16.2. The number of hydrogen-bond acceptors (Lipinski definition) is 5. The van der Waals surface area contributed by atoms with E-state index in [4.69, 9.17) is 9.26 Å². The van der Waals surface area contributed by atoms with Gasteiger partial charge in [0.1, 0.15) is 5.75 Å². The van der Waals surface area contributed by atoms with Crippen molar-refractivity contribution in [1.29, 1.82) is 0 Å². The third-order valence-corrected chi connectivity index (χ3v) is 4.14. The lowest BCUT2D eigenvalue weighted by Gasteiger charge is -2.10. The summed E-state index contributed by atoms with van der Waals surface area (Å²) in [5, 5.41) is 6.71. The van der Waals surface area contributed by atoms with Gasteiger partial charge in [-0.2, -0.15) is 4.98 Å². The van der Waals surface area contributed by atoms with Gasteiger partial charge < -0.3 is 14.6 Å². The Morgan fingerprint density at radius 3 is 2.60 bits per heavy atom. The summed E-state index contributed by atoms with van der Waals surface area (Å²) in [6, 6.07) is 13.0. The molecule has 1 N–H and O–H groups in total. The van der Waals surface area contributed by atoms with Crippen molar-refractivity contribution in [1.82, 2.24) is 10.1 Å². The van der Waals surface area contributed by atoms with E-state index in [1.807, 2.05) is 37.3 Å². The molecule has 0 fully saturated rings. The van der Waals surface area contributed by atoms with Crippen LogP contribution in [-0.4, -0.2) is 22.7 Å². The highest BCUT2D eigenvalue weighted by atomic mass is 127. The number of aromatic nitrogens is 2.